The molecule has 2 aromatic heterocycles. The van der Waals surface area contributed by atoms with Crippen LogP contribution in [0.4, 0.5) is 0 Å². The van der Waals surface area contributed by atoms with Crippen molar-refractivity contribution in [3.63, 3.8) is 0 Å². The van der Waals surface area contributed by atoms with E-state index < -0.39 is 0 Å². The van der Waals surface area contributed by atoms with Crippen LogP contribution in [-0.4, -0.2) is 15.0 Å². The molecule has 256 valence electrons. The molecular formula is C51H31N3O. The Bertz CT molecular complexity index is 3260. The first kappa shape index (κ1) is 31.1. The summed E-state index contributed by atoms with van der Waals surface area (Å²) in [4.78, 5) is 15.4. The Morgan fingerprint density at radius 2 is 0.782 bits per heavy atom. The van der Waals surface area contributed by atoms with Crippen molar-refractivity contribution in [1.29, 1.82) is 0 Å². The maximum atomic E-state index is 6.60. The number of rotatable bonds is 5. The number of hydrogen-bond acceptors (Lipinski definition) is 4. The zero-order valence-electron chi connectivity index (χ0n) is 29.6. The van der Waals surface area contributed by atoms with Crippen molar-refractivity contribution in [2.24, 2.45) is 0 Å². The molecule has 4 heteroatoms. The lowest BCUT2D eigenvalue weighted by molar-refractivity contribution is 0.672. The third-order valence-electron chi connectivity index (χ3n) is 10.7. The summed E-state index contributed by atoms with van der Waals surface area (Å²) in [5, 5.41) is 8.92. The second kappa shape index (κ2) is 12.6. The van der Waals surface area contributed by atoms with Gasteiger partial charge in [-0.25, -0.2) is 15.0 Å². The minimum atomic E-state index is 0.605. The fraction of sp³-hybridized carbons (Fsp3) is 0. The lowest BCUT2D eigenvalue weighted by atomic mass is 9.95. The van der Waals surface area contributed by atoms with Crippen LogP contribution in [0, 0.1) is 0 Å². The number of furan rings is 1. The van der Waals surface area contributed by atoms with Crippen LogP contribution in [0.5, 0.6) is 0 Å². The van der Waals surface area contributed by atoms with Crippen LogP contribution in [0.25, 0.3) is 111 Å². The molecule has 0 amide bonds. The van der Waals surface area contributed by atoms with Gasteiger partial charge in [0.1, 0.15) is 11.2 Å². The first-order valence-electron chi connectivity index (χ1n) is 18.5. The van der Waals surface area contributed by atoms with E-state index in [0.29, 0.717) is 17.5 Å². The van der Waals surface area contributed by atoms with E-state index in [-0.39, 0.29) is 0 Å². The van der Waals surface area contributed by atoms with E-state index in [9.17, 15) is 0 Å². The molecule has 11 rings (SSSR count). The normalized spacial score (nSPS) is 11.6. The third kappa shape index (κ3) is 5.43. The van der Waals surface area contributed by atoms with E-state index in [2.05, 4.69) is 176 Å². The summed E-state index contributed by atoms with van der Waals surface area (Å²) in [5.74, 6) is 1.85. The van der Waals surface area contributed by atoms with Crippen LogP contribution in [0.1, 0.15) is 0 Å². The molecule has 0 saturated heterocycles. The first-order chi connectivity index (χ1) is 27.2. The van der Waals surface area contributed by atoms with Crippen molar-refractivity contribution in [3.8, 4) is 56.4 Å². The molecule has 0 saturated carbocycles. The van der Waals surface area contributed by atoms with Gasteiger partial charge in [-0.15, -0.1) is 0 Å². The molecule has 0 radical (unpaired) electrons. The van der Waals surface area contributed by atoms with E-state index in [1.807, 2.05) is 12.1 Å². The fourth-order valence-corrected chi connectivity index (χ4v) is 7.88. The molecule has 2 heterocycles. The molecule has 0 fully saturated rings. The molecule has 9 aromatic carbocycles. The van der Waals surface area contributed by atoms with E-state index in [1.165, 1.54) is 27.6 Å². The molecule has 0 atom stereocenters. The maximum absolute atomic E-state index is 6.60. The first-order valence-corrected chi connectivity index (χ1v) is 18.5. The van der Waals surface area contributed by atoms with Crippen molar-refractivity contribution >= 4 is 54.3 Å². The van der Waals surface area contributed by atoms with Crippen molar-refractivity contribution in [1.82, 2.24) is 15.0 Å². The summed E-state index contributed by atoms with van der Waals surface area (Å²) in [6.45, 7) is 0. The number of fused-ring (bicyclic) bond motifs is 7. The fourth-order valence-electron chi connectivity index (χ4n) is 7.88. The van der Waals surface area contributed by atoms with Gasteiger partial charge >= 0.3 is 0 Å². The van der Waals surface area contributed by atoms with Crippen LogP contribution >= 0.6 is 0 Å². The van der Waals surface area contributed by atoms with Gasteiger partial charge in [-0.1, -0.05) is 146 Å². The van der Waals surface area contributed by atoms with Gasteiger partial charge in [0.05, 0.1) is 0 Å². The second-order valence-corrected chi connectivity index (χ2v) is 14.0. The predicted molar refractivity (Wildman–Crippen MR) is 227 cm³/mol. The highest BCUT2D eigenvalue weighted by Crippen LogP contribution is 2.41. The Morgan fingerprint density at radius 1 is 0.291 bits per heavy atom. The molecule has 0 spiro atoms. The molecule has 0 aliphatic heterocycles. The molecule has 0 N–H and O–H groups in total. The molecule has 55 heavy (non-hydrogen) atoms. The largest absolute Gasteiger partial charge is 0.455 e. The third-order valence-corrected chi connectivity index (χ3v) is 10.7. The maximum Gasteiger partial charge on any atom is 0.164 e. The number of aromatic nitrogens is 3. The summed E-state index contributed by atoms with van der Waals surface area (Å²) in [6.07, 6.45) is 0. The van der Waals surface area contributed by atoms with Crippen molar-refractivity contribution in [2.75, 3.05) is 0 Å². The second-order valence-electron chi connectivity index (χ2n) is 14.0. The quantitative estimate of drug-likeness (QED) is 0.179. The van der Waals surface area contributed by atoms with Crippen LogP contribution in [0.2, 0.25) is 0 Å². The molecular weight excluding hydrogens is 671 g/mol. The minimum Gasteiger partial charge on any atom is -0.455 e. The Labute approximate surface area is 317 Å². The zero-order chi connectivity index (χ0) is 36.3. The highest BCUT2D eigenvalue weighted by atomic mass is 16.3. The molecule has 4 nitrogen and oxygen atoms in total. The topological polar surface area (TPSA) is 51.8 Å². The average molecular weight is 702 g/mol. The lowest BCUT2D eigenvalue weighted by Crippen LogP contribution is -2.00. The van der Waals surface area contributed by atoms with Crippen molar-refractivity contribution in [2.45, 2.75) is 0 Å². The van der Waals surface area contributed by atoms with Gasteiger partial charge in [0.2, 0.25) is 0 Å². The van der Waals surface area contributed by atoms with Gasteiger partial charge in [-0.3, -0.25) is 0 Å². The van der Waals surface area contributed by atoms with Crippen molar-refractivity contribution < 1.29 is 4.42 Å². The van der Waals surface area contributed by atoms with Gasteiger partial charge in [0.25, 0.3) is 0 Å². The summed E-state index contributed by atoms with van der Waals surface area (Å²) < 4.78 is 6.60. The van der Waals surface area contributed by atoms with Gasteiger partial charge in [0, 0.05) is 32.8 Å². The van der Waals surface area contributed by atoms with E-state index in [4.69, 9.17) is 19.4 Å². The average Bonchev–Trinajstić information content (AvgIpc) is 3.64. The minimum absolute atomic E-state index is 0.605. The number of hydrogen-bond donors (Lipinski definition) is 0. The Kier molecular flexibility index (Phi) is 7.14. The lowest BCUT2D eigenvalue weighted by Gasteiger charge is -2.10. The van der Waals surface area contributed by atoms with Crippen LogP contribution < -0.4 is 0 Å². The van der Waals surface area contributed by atoms with Crippen LogP contribution in [0.3, 0.4) is 0 Å². The van der Waals surface area contributed by atoms with Gasteiger partial charge < -0.3 is 4.42 Å². The molecule has 0 unspecified atom stereocenters. The molecule has 0 aliphatic rings. The SMILES string of the molecule is c1ccc(-c2ccc3cc(-c4nc(-c5ccc6ccccc6c5)nc(-c5ccc6oc7c8ccccc8c(-c8ccccc8)cc7c6c5)n4)ccc3c2)cc1. The highest BCUT2D eigenvalue weighted by Gasteiger charge is 2.18. The molecule has 0 bridgehead atoms. The Balaban J connectivity index is 1.09. The monoisotopic (exact) mass is 701 g/mol. The van der Waals surface area contributed by atoms with Gasteiger partial charge in [-0.2, -0.15) is 0 Å². The summed E-state index contributed by atoms with van der Waals surface area (Å²) in [6, 6.07) is 65.9. The van der Waals surface area contributed by atoms with Crippen LogP contribution in [0.15, 0.2) is 192 Å². The van der Waals surface area contributed by atoms with Gasteiger partial charge in [0.15, 0.2) is 17.5 Å². The Hall–Kier alpha value is -7.43. The predicted octanol–water partition coefficient (Wildman–Crippen LogP) is 13.6. The number of benzene rings is 9. The zero-order valence-corrected chi connectivity index (χ0v) is 29.6. The van der Waals surface area contributed by atoms with Crippen LogP contribution in [-0.2, 0) is 0 Å². The van der Waals surface area contributed by atoms with E-state index in [0.717, 1.165) is 65.6 Å². The molecule has 0 aliphatic carbocycles. The highest BCUT2D eigenvalue weighted by molar-refractivity contribution is 6.19. The van der Waals surface area contributed by atoms with E-state index in [1.54, 1.807) is 0 Å². The smallest absolute Gasteiger partial charge is 0.164 e. The summed E-state index contributed by atoms with van der Waals surface area (Å²) in [5.41, 5.74) is 9.18. The standard InChI is InChI=1S/C51H31N3O/c1-3-11-32(12-4-1)36-20-21-38-29-40(24-22-37(38)27-36)50-52-49(39-23-19-33-13-7-8-16-35(33)28-39)53-51(54-50)41-25-26-47-45(30-41)46-31-44(34-14-5-2-6-15-34)42-17-9-10-18-43(42)48(46)55-47/h1-31H. The molecule has 11 aromatic rings. The summed E-state index contributed by atoms with van der Waals surface area (Å²) in [7, 11) is 0. The number of nitrogens with zero attached hydrogens (tertiary/aromatic N) is 3. The Morgan fingerprint density at radius 3 is 1.47 bits per heavy atom. The van der Waals surface area contributed by atoms with E-state index >= 15 is 0 Å². The van der Waals surface area contributed by atoms with Gasteiger partial charge in [-0.05, 0) is 91.6 Å². The van der Waals surface area contributed by atoms with Crippen molar-refractivity contribution in [3.05, 3.63) is 188 Å². The summed E-state index contributed by atoms with van der Waals surface area (Å²) >= 11 is 0.